The second kappa shape index (κ2) is 5.60. The Hall–Kier alpha value is -1.94. The van der Waals surface area contributed by atoms with Crippen LogP contribution in [0.2, 0.25) is 5.22 Å². The molecule has 2 rings (SSSR count). The van der Waals surface area contributed by atoms with Gasteiger partial charge in [-0.05, 0) is 48.9 Å². The van der Waals surface area contributed by atoms with Gasteiger partial charge in [0.25, 0.3) is 5.91 Å². The number of hydrogen-bond donors (Lipinski definition) is 1. The maximum Gasteiger partial charge on any atom is 0.260 e. The second-order valence-corrected chi connectivity index (χ2v) is 3.86. The molecule has 0 spiro atoms. The molecule has 0 aliphatic heterocycles. The predicted molar refractivity (Wildman–Crippen MR) is 69.3 cm³/mol. The van der Waals surface area contributed by atoms with E-state index in [2.05, 4.69) is 5.32 Å². The highest BCUT2D eigenvalue weighted by atomic mass is 35.5. The van der Waals surface area contributed by atoms with Crippen LogP contribution in [-0.2, 0) is 0 Å². The van der Waals surface area contributed by atoms with E-state index in [9.17, 15) is 4.79 Å². The topological polar surface area (TPSA) is 51.5 Å². The Morgan fingerprint density at radius 3 is 2.61 bits per heavy atom. The molecule has 0 aliphatic rings. The molecule has 0 radical (unpaired) electrons. The summed E-state index contributed by atoms with van der Waals surface area (Å²) < 4.78 is 10.2. The standard InChI is InChI=1S/C13H12ClNO3/c1-2-17-10-5-3-9(4-6-10)15-13(16)11-7-8-18-12(11)14/h3-8H,2H2,1H3,(H,15,16). The molecule has 0 atom stereocenters. The van der Waals surface area contributed by atoms with Gasteiger partial charge in [-0.3, -0.25) is 4.79 Å². The van der Waals surface area contributed by atoms with Crippen molar-refractivity contribution in [3.8, 4) is 5.75 Å². The van der Waals surface area contributed by atoms with Crippen LogP contribution in [0.3, 0.4) is 0 Å². The molecule has 94 valence electrons. The Morgan fingerprint density at radius 1 is 1.33 bits per heavy atom. The number of furan rings is 1. The molecule has 0 fully saturated rings. The fourth-order valence-electron chi connectivity index (χ4n) is 1.46. The van der Waals surface area contributed by atoms with Gasteiger partial charge >= 0.3 is 0 Å². The number of amides is 1. The van der Waals surface area contributed by atoms with E-state index in [0.717, 1.165) is 5.75 Å². The first-order chi connectivity index (χ1) is 8.70. The minimum absolute atomic E-state index is 0.0819. The average Bonchev–Trinajstić information content (AvgIpc) is 2.78. The van der Waals surface area contributed by atoms with E-state index < -0.39 is 0 Å². The van der Waals surface area contributed by atoms with Crippen molar-refractivity contribution in [1.29, 1.82) is 0 Å². The summed E-state index contributed by atoms with van der Waals surface area (Å²) in [6.45, 7) is 2.52. The molecule has 0 unspecified atom stereocenters. The zero-order chi connectivity index (χ0) is 13.0. The van der Waals surface area contributed by atoms with Gasteiger partial charge in [-0.1, -0.05) is 0 Å². The van der Waals surface area contributed by atoms with Gasteiger partial charge < -0.3 is 14.5 Å². The largest absolute Gasteiger partial charge is 0.494 e. The molecule has 5 heteroatoms. The maximum absolute atomic E-state index is 11.8. The summed E-state index contributed by atoms with van der Waals surface area (Å²) in [5.74, 6) is 0.453. The van der Waals surface area contributed by atoms with Gasteiger partial charge in [0.1, 0.15) is 5.75 Å². The summed E-state index contributed by atoms with van der Waals surface area (Å²) in [6, 6.07) is 8.62. The van der Waals surface area contributed by atoms with Gasteiger partial charge in [0.2, 0.25) is 5.22 Å². The number of ether oxygens (including phenoxy) is 1. The van der Waals surface area contributed by atoms with E-state index in [1.165, 1.54) is 12.3 Å². The van der Waals surface area contributed by atoms with Crippen LogP contribution in [0.15, 0.2) is 41.0 Å². The van der Waals surface area contributed by atoms with E-state index >= 15 is 0 Å². The van der Waals surface area contributed by atoms with Gasteiger partial charge in [-0.25, -0.2) is 0 Å². The lowest BCUT2D eigenvalue weighted by Crippen LogP contribution is -2.11. The lowest BCUT2D eigenvalue weighted by Gasteiger charge is -2.06. The van der Waals surface area contributed by atoms with Crippen molar-refractivity contribution in [3.63, 3.8) is 0 Å². The third-order valence-electron chi connectivity index (χ3n) is 2.29. The lowest BCUT2D eigenvalue weighted by molar-refractivity contribution is 0.102. The Bertz CT molecular complexity index is 533. The van der Waals surface area contributed by atoms with Gasteiger partial charge in [0.05, 0.1) is 18.4 Å². The van der Waals surface area contributed by atoms with E-state index in [1.54, 1.807) is 24.3 Å². The number of hydrogen-bond acceptors (Lipinski definition) is 3. The van der Waals surface area contributed by atoms with E-state index in [-0.39, 0.29) is 11.1 Å². The molecule has 1 aromatic heterocycles. The van der Waals surface area contributed by atoms with E-state index in [4.69, 9.17) is 20.8 Å². The highest BCUT2D eigenvalue weighted by Gasteiger charge is 2.12. The van der Waals surface area contributed by atoms with Gasteiger partial charge in [-0.2, -0.15) is 0 Å². The molecule has 1 heterocycles. The van der Waals surface area contributed by atoms with E-state index in [0.29, 0.717) is 17.9 Å². The number of nitrogens with one attached hydrogen (secondary N) is 1. The molecule has 0 saturated carbocycles. The summed E-state index contributed by atoms with van der Waals surface area (Å²) in [6.07, 6.45) is 1.37. The minimum Gasteiger partial charge on any atom is -0.494 e. The Morgan fingerprint density at radius 2 is 2.06 bits per heavy atom. The highest BCUT2D eigenvalue weighted by Crippen LogP contribution is 2.20. The summed E-state index contributed by atoms with van der Waals surface area (Å²) >= 11 is 5.72. The summed E-state index contributed by atoms with van der Waals surface area (Å²) in [5, 5.41) is 2.80. The van der Waals surface area contributed by atoms with Crippen molar-refractivity contribution in [2.75, 3.05) is 11.9 Å². The van der Waals surface area contributed by atoms with Crippen LogP contribution in [0, 0.1) is 0 Å². The predicted octanol–water partition coefficient (Wildman–Crippen LogP) is 3.58. The van der Waals surface area contributed by atoms with Crippen LogP contribution in [0.1, 0.15) is 17.3 Å². The zero-order valence-corrected chi connectivity index (χ0v) is 10.5. The second-order valence-electron chi connectivity index (χ2n) is 3.52. The lowest BCUT2D eigenvalue weighted by atomic mass is 10.2. The maximum atomic E-state index is 11.8. The van der Waals surface area contributed by atoms with Crippen LogP contribution in [0.5, 0.6) is 5.75 Å². The Balaban J connectivity index is 2.05. The number of anilines is 1. The fourth-order valence-corrected chi connectivity index (χ4v) is 1.66. The van der Waals surface area contributed by atoms with Gasteiger partial charge in [0, 0.05) is 5.69 Å². The first kappa shape index (κ1) is 12.5. The van der Waals surface area contributed by atoms with Crippen molar-refractivity contribution in [1.82, 2.24) is 0 Å². The highest BCUT2D eigenvalue weighted by molar-refractivity contribution is 6.32. The van der Waals surface area contributed by atoms with Crippen LogP contribution in [0.25, 0.3) is 0 Å². The average molecular weight is 266 g/mol. The number of benzene rings is 1. The van der Waals surface area contributed by atoms with Crippen molar-refractivity contribution in [3.05, 3.63) is 47.4 Å². The Kier molecular flexibility index (Phi) is 3.89. The van der Waals surface area contributed by atoms with Crippen LogP contribution < -0.4 is 10.1 Å². The van der Waals surface area contributed by atoms with E-state index in [1.807, 2.05) is 6.92 Å². The van der Waals surface area contributed by atoms with Gasteiger partial charge in [-0.15, -0.1) is 0 Å². The molecule has 0 bridgehead atoms. The molecule has 4 nitrogen and oxygen atoms in total. The number of carbonyl (C=O) groups excluding carboxylic acids is 1. The van der Waals surface area contributed by atoms with Crippen molar-refractivity contribution in [2.24, 2.45) is 0 Å². The normalized spacial score (nSPS) is 10.1. The summed E-state index contributed by atoms with van der Waals surface area (Å²) in [7, 11) is 0. The molecule has 1 aromatic carbocycles. The number of carbonyl (C=O) groups is 1. The molecule has 2 aromatic rings. The first-order valence-corrected chi connectivity index (χ1v) is 5.85. The molecular formula is C13H12ClNO3. The monoisotopic (exact) mass is 265 g/mol. The molecule has 0 aliphatic carbocycles. The third-order valence-corrected chi connectivity index (χ3v) is 2.58. The van der Waals surface area contributed by atoms with Crippen LogP contribution >= 0.6 is 11.6 Å². The van der Waals surface area contributed by atoms with Crippen molar-refractivity contribution in [2.45, 2.75) is 6.92 Å². The zero-order valence-electron chi connectivity index (χ0n) is 9.77. The Labute approximate surface area is 110 Å². The number of halogens is 1. The van der Waals surface area contributed by atoms with Crippen molar-refractivity contribution >= 4 is 23.2 Å². The molecule has 1 N–H and O–H groups in total. The van der Waals surface area contributed by atoms with Gasteiger partial charge in [0.15, 0.2) is 0 Å². The smallest absolute Gasteiger partial charge is 0.260 e. The quantitative estimate of drug-likeness (QED) is 0.919. The number of rotatable bonds is 4. The van der Waals surface area contributed by atoms with Crippen LogP contribution in [-0.4, -0.2) is 12.5 Å². The summed E-state index contributed by atoms with van der Waals surface area (Å²) in [4.78, 5) is 11.8. The molecule has 1 amide bonds. The fraction of sp³-hybridized carbons (Fsp3) is 0.154. The minimum atomic E-state index is -0.307. The molecule has 0 saturated heterocycles. The summed E-state index contributed by atoms with van der Waals surface area (Å²) in [5.41, 5.74) is 0.978. The molecular weight excluding hydrogens is 254 g/mol. The first-order valence-electron chi connectivity index (χ1n) is 5.48. The van der Waals surface area contributed by atoms with Crippen molar-refractivity contribution < 1.29 is 13.9 Å². The van der Waals surface area contributed by atoms with Crippen LogP contribution in [0.4, 0.5) is 5.69 Å². The molecule has 18 heavy (non-hydrogen) atoms. The SMILES string of the molecule is CCOc1ccc(NC(=O)c2ccoc2Cl)cc1. The third kappa shape index (κ3) is 2.84.